The number of rotatable bonds is 7. The first-order valence-corrected chi connectivity index (χ1v) is 10.7. The van der Waals surface area contributed by atoms with Crippen LogP contribution in [-0.2, 0) is 11.3 Å². The average molecular weight is 431 g/mol. The molecule has 0 aliphatic carbocycles. The van der Waals surface area contributed by atoms with Gasteiger partial charge in [-0.15, -0.1) is 0 Å². The van der Waals surface area contributed by atoms with Gasteiger partial charge in [-0.2, -0.15) is 9.97 Å². The Labute approximate surface area is 186 Å². The van der Waals surface area contributed by atoms with Crippen LogP contribution in [0.1, 0.15) is 5.56 Å². The van der Waals surface area contributed by atoms with E-state index in [2.05, 4.69) is 43.7 Å². The molecule has 3 heterocycles. The molecule has 1 fully saturated rings. The summed E-state index contributed by atoms with van der Waals surface area (Å²) in [4.78, 5) is 14.8. The Bertz CT molecular complexity index is 1190. The minimum Gasteiger partial charge on any atom is -0.494 e. The van der Waals surface area contributed by atoms with E-state index in [1.807, 2.05) is 42.6 Å². The Kier molecular flexibility index (Phi) is 5.76. The van der Waals surface area contributed by atoms with E-state index < -0.39 is 0 Å². The lowest BCUT2D eigenvalue weighted by atomic mass is 10.2. The molecule has 0 spiro atoms. The molecule has 164 valence electrons. The summed E-state index contributed by atoms with van der Waals surface area (Å²) >= 11 is 0. The predicted octanol–water partition coefficient (Wildman–Crippen LogP) is 4.16. The summed E-state index contributed by atoms with van der Waals surface area (Å²) in [6, 6.07) is 18.3. The number of aromatic nitrogens is 3. The molecule has 3 N–H and O–H groups in total. The van der Waals surface area contributed by atoms with Gasteiger partial charge in [0.2, 0.25) is 5.95 Å². The van der Waals surface area contributed by atoms with Crippen molar-refractivity contribution >= 4 is 34.2 Å². The van der Waals surface area contributed by atoms with Gasteiger partial charge in [-0.25, -0.2) is 0 Å². The smallest absolute Gasteiger partial charge is 0.231 e. The number of morpholine rings is 1. The van der Waals surface area contributed by atoms with Gasteiger partial charge in [0.15, 0.2) is 0 Å². The van der Waals surface area contributed by atoms with Gasteiger partial charge in [-0.3, -0.25) is 0 Å². The van der Waals surface area contributed by atoms with Crippen molar-refractivity contribution in [1.82, 2.24) is 15.0 Å². The molecule has 2 aromatic carbocycles. The third kappa shape index (κ3) is 4.31. The first kappa shape index (κ1) is 20.1. The number of aromatic amines is 1. The molecule has 2 aromatic heterocycles. The predicted molar refractivity (Wildman–Crippen MR) is 127 cm³/mol. The van der Waals surface area contributed by atoms with E-state index in [-0.39, 0.29) is 0 Å². The van der Waals surface area contributed by atoms with Crippen LogP contribution in [0.4, 0.5) is 23.1 Å². The van der Waals surface area contributed by atoms with Crippen molar-refractivity contribution in [3.8, 4) is 5.75 Å². The molecule has 1 aliphatic heterocycles. The molecule has 1 aliphatic rings. The summed E-state index contributed by atoms with van der Waals surface area (Å²) in [5, 5.41) is 7.71. The number of H-pyrrole nitrogens is 1. The molecule has 0 radical (unpaired) electrons. The molecular formula is C24H26N6O2. The third-order valence-electron chi connectivity index (χ3n) is 5.53. The van der Waals surface area contributed by atoms with Gasteiger partial charge in [0.05, 0.1) is 31.4 Å². The number of hydrogen-bond donors (Lipinski definition) is 3. The molecule has 0 atom stereocenters. The lowest BCUT2D eigenvalue weighted by Gasteiger charge is -2.29. The summed E-state index contributed by atoms with van der Waals surface area (Å²) in [6.07, 6.45) is 1.87. The molecule has 0 saturated carbocycles. The Morgan fingerprint density at radius 3 is 2.72 bits per heavy atom. The van der Waals surface area contributed by atoms with Crippen molar-refractivity contribution < 1.29 is 9.47 Å². The van der Waals surface area contributed by atoms with Crippen molar-refractivity contribution in [2.75, 3.05) is 48.9 Å². The maximum atomic E-state index is 5.66. The van der Waals surface area contributed by atoms with E-state index in [1.165, 1.54) is 5.56 Å². The second-order valence-corrected chi connectivity index (χ2v) is 7.58. The molecule has 8 nitrogen and oxygen atoms in total. The lowest BCUT2D eigenvalue weighted by molar-refractivity contribution is 0.122. The quantitative estimate of drug-likeness (QED) is 0.406. The highest BCUT2D eigenvalue weighted by atomic mass is 16.5. The zero-order valence-electron chi connectivity index (χ0n) is 18.0. The van der Waals surface area contributed by atoms with E-state index in [0.29, 0.717) is 12.5 Å². The molecule has 32 heavy (non-hydrogen) atoms. The standard InChI is InChI=1S/C24H26N6O2/c1-31-21-15-18(30-11-13-32-14-12-30)7-8-20(21)27-24-28-22-19(9-10-25-22)23(29-24)26-16-17-5-3-2-4-6-17/h2-10,15H,11-14,16H2,1H3,(H3,25,26,27,28,29). The van der Waals surface area contributed by atoms with Crippen molar-refractivity contribution in [1.29, 1.82) is 0 Å². The molecule has 0 amide bonds. The van der Waals surface area contributed by atoms with Crippen LogP contribution in [0.5, 0.6) is 5.75 Å². The average Bonchev–Trinajstić information content (AvgIpc) is 3.33. The Morgan fingerprint density at radius 1 is 1.06 bits per heavy atom. The van der Waals surface area contributed by atoms with E-state index >= 15 is 0 Å². The highest BCUT2D eigenvalue weighted by Crippen LogP contribution is 2.32. The van der Waals surface area contributed by atoms with Crippen molar-refractivity contribution in [2.24, 2.45) is 0 Å². The number of methoxy groups -OCH3 is 1. The van der Waals surface area contributed by atoms with Crippen LogP contribution >= 0.6 is 0 Å². The summed E-state index contributed by atoms with van der Waals surface area (Å²) in [5.74, 6) is 2.00. The van der Waals surface area contributed by atoms with E-state index in [1.54, 1.807) is 7.11 Å². The van der Waals surface area contributed by atoms with Crippen LogP contribution in [0.3, 0.4) is 0 Å². The normalized spacial score (nSPS) is 13.8. The van der Waals surface area contributed by atoms with Gasteiger partial charge in [0.1, 0.15) is 17.2 Å². The van der Waals surface area contributed by atoms with Crippen LogP contribution in [-0.4, -0.2) is 48.4 Å². The fourth-order valence-electron chi connectivity index (χ4n) is 3.84. The zero-order valence-corrected chi connectivity index (χ0v) is 18.0. The monoisotopic (exact) mass is 430 g/mol. The minimum absolute atomic E-state index is 0.493. The lowest BCUT2D eigenvalue weighted by Crippen LogP contribution is -2.36. The molecule has 4 aromatic rings. The minimum atomic E-state index is 0.493. The summed E-state index contributed by atoms with van der Waals surface area (Å²) in [7, 11) is 1.67. The Hall–Kier alpha value is -3.78. The first-order chi connectivity index (χ1) is 15.8. The van der Waals surface area contributed by atoms with E-state index in [9.17, 15) is 0 Å². The van der Waals surface area contributed by atoms with Gasteiger partial charge >= 0.3 is 0 Å². The largest absolute Gasteiger partial charge is 0.494 e. The number of nitrogens with one attached hydrogen (secondary N) is 3. The molecule has 5 rings (SSSR count). The number of benzene rings is 2. The SMILES string of the molecule is COc1cc(N2CCOCC2)ccc1Nc1nc(NCc2ccccc2)c2cc[nH]c2n1. The van der Waals surface area contributed by atoms with Crippen LogP contribution in [0, 0.1) is 0 Å². The molecular weight excluding hydrogens is 404 g/mol. The van der Waals surface area contributed by atoms with E-state index in [4.69, 9.17) is 14.5 Å². The number of anilines is 4. The number of ether oxygens (including phenoxy) is 2. The number of hydrogen-bond acceptors (Lipinski definition) is 7. The highest BCUT2D eigenvalue weighted by Gasteiger charge is 2.15. The maximum absolute atomic E-state index is 5.66. The third-order valence-corrected chi connectivity index (χ3v) is 5.53. The van der Waals surface area contributed by atoms with Gasteiger partial charge in [0, 0.05) is 37.6 Å². The number of nitrogens with zero attached hydrogens (tertiary/aromatic N) is 3. The fourth-order valence-corrected chi connectivity index (χ4v) is 3.84. The van der Waals surface area contributed by atoms with Gasteiger partial charge in [-0.05, 0) is 23.8 Å². The second-order valence-electron chi connectivity index (χ2n) is 7.58. The van der Waals surface area contributed by atoms with Crippen LogP contribution in [0.15, 0.2) is 60.8 Å². The van der Waals surface area contributed by atoms with Crippen molar-refractivity contribution in [3.05, 3.63) is 66.4 Å². The van der Waals surface area contributed by atoms with Crippen molar-refractivity contribution in [3.63, 3.8) is 0 Å². The first-order valence-electron chi connectivity index (χ1n) is 10.7. The Balaban J connectivity index is 1.40. The second kappa shape index (κ2) is 9.15. The number of fused-ring (bicyclic) bond motifs is 1. The molecule has 0 bridgehead atoms. The van der Waals surface area contributed by atoms with Gasteiger partial charge in [0.25, 0.3) is 0 Å². The van der Waals surface area contributed by atoms with Crippen molar-refractivity contribution in [2.45, 2.75) is 6.54 Å². The topological polar surface area (TPSA) is 87.3 Å². The highest BCUT2D eigenvalue weighted by molar-refractivity contribution is 5.88. The summed E-state index contributed by atoms with van der Waals surface area (Å²) < 4.78 is 11.1. The molecule has 8 heteroatoms. The molecule has 1 saturated heterocycles. The molecule has 0 unspecified atom stereocenters. The summed E-state index contributed by atoms with van der Waals surface area (Å²) in [5.41, 5.74) is 3.87. The van der Waals surface area contributed by atoms with Crippen LogP contribution < -0.4 is 20.3 Å². The van der Waals surface area contributed by atoms with Crippen LogP contribution in [0.25, 0.3) is 11.0 Å². The maximum Gasteiger partial charge on any atom is 0.231 e. The summed E-state index contributed by atoms with van der Waals surface area (Å²) in [6.45, 7) is 3.91. The fraction of sp³-hybridized carbons (Fsp3) is 0.250. The zero-order chi connectivity index (χ0) is 21.8. The van der Waals surface area contributed by atoms with E-state index in [0.717, 1.165) is 60.3 Å². The van der Waals surface area contributed by atoms with Crippen LogP contribution in [0.2, 0.25) is 0 Å². The van der Waals surface area contributed by atoms with Gasteiger partial charge in [-0.1, -0.05) is 30.3 Å². The van der Waals surface area contributed by atoms with Gasteiger partial charge < -0.3 is 30.0 Å². The Morgan fingerprint density at radius 2 is 1.91 bits per heavy atom.